The Labute approximate surface area is 213 Å². The van der Waals surface area contributed by atoms with Gasteiger partial charge in [-0.3, -0.25) is 14.2 Å². The van der Waals surface area contributed by atoms with Gasteiger partial charge in [0.15, 0.2) is 0 Å². The highest BCUT2D eigenvalue weighted by molar-refractivity contribution is 7.99. The number of rotatable bonds is 11. The molecule has 1 aromatic heterocycles. The molecule has 1 heterocycles. The van der Waals surface area contributed by atoms with Gasteiger partial charge in [-0.1, -0.05) is 29.4 Å². The molecule has 0 radical (unpaired) electrons. The number of carbonyl (C=O) groups is 1. The number of hydrogen-bond donors (Lipinski definition) is 2. The van der Waals surface area contributed by atoms with Crippen LogP contribution in [0.3, 0.4) is 0 Å². The minimum absolute atomic E-state index is 0.0599. The average Bonchev–Trinajstić information content (AvgIpc) is 3.25. The van der Waals surface area contributed by atoms with E-state index in [-0.39, 0.29) is 21.4 Å². The lowest BCUT2D eigenvalue weighted by Gasteiger charge is -2.25. The summed E-state index contributed by atoms with van der Waals surface area (Å²) in [6, 6.07) is 9.32. The number of aromatic amines is 1. The van der Waals surface area contributed by atoms with Crippen molar-refractivity contribution in [1.82, 2.24) is 20.5 Å². The third-order valence-corrected chi connectivity index (χ3v) is 7.77. The molecule has 0 fully saturated rings. The quantitative estimate of drug-likeness (QED) is 0.281. The van der Waals surface area contributed by atoms with Crippen molar-refractivity contribution in [3.8, 4) is 11.5 Å². The molecule has 0 aliphatic carbocycles. The van der Waals surface area contributed by atoms with Gasteiger partial charge in [0.05, 0.1) is 24.9 Å². The van der Waals surface area contributed by atoms with Gasteiger partial charge in [0.25, 0.3) is 10.0 Å². The Bertz CT molecular complexity index is 1300. The highest BCUT2D eigenvalue weighted by Crippen LogP contribution is 2.34. The highest BCUT2D eigenvalue weighted by Gasteiger charge is 2.30. The van der Waals surface area contributed by atoms with Crippen LogP contribution in [0.1, 0.15) is 11.4 Å². The SMILES string of the molecule is COc1ccc(N(CC(=O)NCCSc2n[nH]c(C)n2)S(=O)(=O)c2cc(C)ccc2OC)cc1Cl. The van der Waals surface area contributed by atoms with Crippen molar-refractivity contribution < 1.29 is 22.7 Å². The number of benzene rings is 2. The molecule has 0 aliphatic heterocycles. The maximum atomic E-state index is 13.8. The molecule has 10 nitrogen and oxygen atoms in total. The van der Waals surface area contributed by atoms with Crippen LogP contribution in [0, 0.1) is 13.8 Å². The van der Waals surface area contributed by atoms with E-state index in [4.69, 9.17) is 21.1 Å². The molecule has 35 heavy (non-hydrogen) atoms. The van der Waals surface area contributed by atoms with Gasteiger partial charge >= 0.3 is 0 Å². The average molecular weight is 540 g/mol. The fraction of sp³-hybridized carbons (Fsp3) is 0.318. The topological polar surface area (TPSA) is 127 Å². The molecule has 1 amide bonds. The number of aromatic nitrogens is 3. The zero-order chi connectivity index (χ0) is 25.6. The Balaban J connectivity index is 1.85. The number of hydrogen-bond acceptors (Lipinski definition) is 8. The van der Waals surface area contributed by atoms with Crippen LogP contribution in [-0.2, 0) is 14.8 Å². The molecule has 0 atom stereocenters. The van der Waals surface area contributed by atoms with Crippen LogP contribution in [-0.4, -0.2) is 62.6 Å². The summed E-state index contributed by atoms with van der Waals surface area (Å²) >= 11 is 7.63. The molecule has 0 bridgehead atoms. The smallest absolute Gasteiger partial charge is 0.268 e. The van der Waals surface area contributed by atoms with E-state index in [1.807, 2.05) is 0 Å². The van der Waals surface area contributed by atoms with Crippen molar-refractivity contribution >= 4 is 45.0 Å². The number of ether oxygens (including phenoxy) is 2. The molecule has 2 N–H and O–H groups in total. The lowest BCUT2D eigenvalue weighted by Crippen LogP contribution is -2.41. The van der Waals surface area contributed by atoms with Crippen molar-refractivity contribution in [1.29, 1.82) is 0 Å². The van der Waals surface area contributed by atoms with E-state index >= 15 is 0 Å². The number of methoxy groups -OCH3 is 2. The second kappa shape index (κ2) is 11.6. The van der Waals surface area contributed by atoms with Crippen LogP contribution in [0.25, 0.3) is 0 Å². The van der Waals surface area contributed by atoms with Crippen molar-refractivity contribution in [2.24, 2.45) is 0 Å². The van der Waals surface area contributed by atoms with Gasteiger partial charge < -0.3 is 14.8 Å². The number of amides is 1. The summed E-state index contributed by atoms with van der Waals surface area (Å²) in [7, 11) is -1.36. The molecule has 0 spiro atoms. The number of sulfonamides is 1. The first-order chi connectivity index (χ1) is 16.6. The van der Waals surface area contributed by atoms with Gasteiger partial charge in [0.2, 0.25) is 11.1 Å². The number of H-pyrrole nitrogens is 1. The van der Waals surface area contributed by atoms with Crippen molar-refractivity contribution in [3.63, 3.8) is 0 Å². The highest BCUT2D eigenvalue weighted by atomic mass is 35.5. The fourth-order valence-corrected chi connectivity index (χ4v) is 5.74. The van der Waals surface area contributed by atoms with Crippen LogP contribution in [0.5, 0.6) is 11.5 Å². The monoisotopic (exact) mass is 539 g/mol. The summed E-state index contributed by atoms with van der Waals surface area (Å²) in [5.41, 5.74) is 0.931. The maximum Gasteiger partial charge on any atom is 0.268 e. The summed E-state index contributed by atoms with van der Waals surface area (Å²) in [5, 5.41) is 10.3. The zero-order valence-electron chi connectivity index (χ0n) is 19.7. The Hall–Kier alpha value is -2.96. The second-order valence-corrected chi connectivity index (χ2v) is 10.7. The number of thioether (sulfide) groups is 1. The lowest BCUT2D eigenvalue weighted by atomic mass is 10.2. The fourth-order valence-electron chi connectivity index (χ4n) is 3.14. The van der Waals surface area contributed by atoms with Gasteiger partial charge in [-0.05, 0) is 49.7 Å². The van der Waals surface area contributed by atoms with Gasteiger partial charge in [-0.15, -0.1) is 5.10 Å². The molecule has 0 saturated carbocycles. The molecule has 3 rings (SSSR count). The van der Waals surface area contributed by atoms with Crippen LogP contribution < -0.4 is 19.1 Å². The number of nitrogens with zero attached hydrogens (tertiary/aromatic N) is 3. The van der Waals surface area contributed by atoms with E-state index < -0.39 is 22.5 Å². The predicted molar refractivity (Wildman–Crippen MR) is 135 cm³/mol. The van der Waals surface area contributed by atoms with Crippen LogP contribution >= 0.6 is 23.4 Å². The summed E-state index contributed by atoms with van der Waals surface area (Å²) in [6.45, 7) is 3.39. The van der Waals surface area contributed by atoms with Crippen LogP contribution in [0.2, 0.25) is 5.02 Å². The first-order valence-electron chi connectivity index (χ1n) is 10.4. The van der Waals surface area contributed by atoms with Gasteiger partial charge in [-0.25, -0.2) is 13.4 Å². The molecule has 0 unspecified atom stereocenters. The van der Waals surface area contributed by atoms with Crippen LogP contribution in [0.15, 0.2) is 46.5 Å². The molecule has 188 valence electrons. The van der Waals surface area contributed by atoms with Crippen molar-refractivity contribution in [3.05, 3.63) is 52.8 Å². The minimum Gasteiger partial charge on any atom is -0.495 e. The second-order valence-electron chi connectivity index (χ2n) is 7.39. The van der Waals surface area contributed by atoms with E-state index in [9.17, 15) is 13.2 Å². The van der Waals surface area contributed by atoms with Crippen molar-refractivity contribution in [2.45, 2.75) is 23.9 Å². The maximum absolute atomic E-state index is 13.8. The number of carbonyl (C=O) groups excluding carboxylic acids is 1. The number of nitrogens with one attached hydrogen (secondary N) is 2. The first-order valence-corrected chi connectivity index (χ1v) is 13.3. The number of anilines is 1. The Morgan fingerprint density at radius 1 is 1.14 bits per heavy atom. The summed E-state index contributed by atoms with van der Waals surface area (Å²) in [4.78, 5) is 16.9. The lowest BCUT2D eigenvalue weighted by molar-refractivity contribution is -0.119. The minimum atomic E-state index is -4.20. The molecule has 3 aromatic rings. The van der Waals surface area contributed by atoms with Gasteiger partial charge in [0, 0.05) is 12.3 Å². The Kier molecular flexibility index (Phi) is 8.87. The molecular formula is C22H26ClN5O5S2. The predicted octanol–water partition coefficient (Wildman–Crippen LogP) is 3.20. The van der Waals surface area contributed by atoms with Crippen LogP contribution in [0.4, 0.5) is 5.69 Å². The van der Waals surface area contributed by atoms with E-state index in [1.54, 1.807) is 32.0 Å². The number of aryl methyl sites for hydroxylation is 2. The summed E-state index contributed by atoms with van der Waals surface area (Å²) < 4.78 is 39.0. The third-order valence-electron chi connectivity index (χ3n) is 4.83. The normalized spacial score (nSPS) is 11.2. The summed E-state index contributed by atoms with van der Waals surface area (Å²) in [6.07, 6.45) is 0. The third kappa shape index (κ3) is 6.59. The summed E-state index contributed by atoms with van der Waals surface area (Å²) in [5.74, 6) is 1.26. The number of halogens is 1. The van der Waals surface area contributed by atoms with Gasteiger partial charge in [-0.2, -0.15) is 0 Å². The molecule has 2 aromatic carbocycles. The first kappa shape index (κ1) is 26.6. The van der Waals surface area contributed by atoms with E-state index in [0.29, 0.717) is 29.0 Å². The standard InChI is InChI=1S/C22H26ClN5O5S2/c1-14-5-7-19(33-4)20(11-14)35(30,31)28(16-6-8-18(32-3)17(23)12-16)13-21(29)24-9-10-34-22-25-15(2)26-27-22/h5-8,11-12H,9-10,13H2,1-4H3,(H,24,29)(H,25,26,27). The van der Waals surface area contributed by atoms with E-state index in [0.717, 1.165) is 9.87 Å². The largest absolute Gasteiger partial charge is 0.495 e. The molecule has 13 heteroatoms. The van der Waals surface area contributed by atoms with Gasteiger partial charge in [0.1, 0.15) is 28.8 Å². The van der Waals surface area contributed by atoms with Crippen molar-refractivity contribution in [2.75, 3.05) is 37.4 Å². The molecule has 0 aliphatic rings. The van der Waals surface area contributed by atoms with E-state index in [2.05, 4.69) is 20.5 Å². The zero-order valence-corrected chi connectivity index (χ0v) is 22.1. The van der Waals surface area contributed by atoms with E-state index in [1.165, 1.54) is 44.2 Å². The Morgan fingerprint density at radius 2 is 1.86 bits per heavy atom. The molecular weight excluding hydrogens is 514 g/mol. The Morgan fingerprint density at radius 3 is 2.49 bits per heavy atom. The molecule has 0 saturated heterocycles.